The van der Waals surface area contributed by atoms with E-state index in [1.54, 1.807) is 7.11 Å². The summed E-state index contributed by atoms with van der Waals surface area (Å²) in [6.45, 7) is 2.16. The van der Waals surface area contributed by atoms with Crippen molar-refractivity contribution in [2.24, 2.45) is 5.92 Å². The fraction of sp³-hybridized carbons (Fsp3) is 1.00. The SMILES string of the molecule is CO[C@H]1C[C@H](C)C[C@@H](O)C1. The molecular weight excluding hydrogens is 128 g/mol. The monoisotopic (exact) mass is 144 g/mol. The summed E-state index contributed by atoms with van der Waals surface area (Å²) in [5, 5.41) is 9.30. The Bertz CT molecular complexity index is 93.4. The normalized spacial score (nSPS) is 41.7. The molecule has 2 nitrogen and oxygen atoms in total. The molecule has 0 spiro atoms. The van der Waals surface area contributed by atoms with Gasteiger partial charge in [0.1, 0.15) is 0 Å². The molecule has 0 aliphatic heterocycles. The van der Waals surface area contributed by atoms with Crippen molar-refractivity contribution in [1.29, 1.82) is 0 Å². The van der Waals surface area contributed by atoms with Crippen molar-refractivity contribution in [3.05, 3.63) is 0 Å². The highest BCUT2D eigenvalue weighted by atomic mass is 16.5. The molecule has 0 aromatic rings. The van der Waals surface area contributed by atoms with Gasteiger partial charge in [0.25, 0.3) is 0 Å². The Morgan fingerprint density at radius 3 is 2.50 bits per heavy atom. The first kappa shape index (κ1) is 8.02. The van der Waals surface area contributed by atoms with Crippen LogP contribution in [0.15, 0.2) is 0 Å². The summed E-state index contributed by atoms with van der Waals surface area (Å²) in [5.41, 5.74) is 0. The first-order valence-corrected chi connectivity index (χ1v) is 3.93. The van der Waals surface area contributed by atoms with Gasteiger partial charge in [0.2, 0.25) is 0 Å². The molecule has 60 valence electrons. The molecule has 1 fully saturated rings. The zero-order chi connectivity index (χ0) is 7.56. The molecule has 0 bridgehead atoms. The van der Waals surface area contributed by atoms with E-state index < -0.39 is 0 Å². The van der Waals surface area contributed by atoms with Crippen molar-refractivity contribution in [3.63, 3.8) is 0 Å². The molecule has 1 aliphatic rings. The number of aliphatic hydroxyl groups excluding tert-OH is 1. The summed E-state index contributed by atoms with van der Waals surface area (Å²) in [7, 11) is 1.72. The molecule has 0 aromatic carbocycles. The van der Waals surface area contributed by atoms with Crippen molar-refractivity contribution >= 4 is 0 Å². The van der Waals surface area contributed by atoms with E-state index in [2.05, 4.69) is 6.92 Å². The number of hydrogen-bond acceptors (Lipinski definition) is 2. The van der Waals surface area contributed by atoms with Crippen LogP contribution in [0.1, 0.15) is 26.2 Å². The maximum absolute atomic E-state index is 9.30. The summed E-state index contributed by atoms with van der Waals surface area (Å²) < 4.78 is 5.17. The topological polar surface area (TPSA) is 29.5 Å². The van der Waals surface area contributed by atoms with Crippen molar-refractivity contribution in [2.75, 3.05) is 7.11 Å². The molecule has 0 amide bonds. The lowest BCUT2D eigenvalue weighted by molar-refractivity contribution is -0.00723. The molecule has 2 heteroatoms. The second-order valence-corrected chi connectivity index (χ2v) is 3.32. The summed E-state index contributed by atoms with van der Waals surface area (Å²) in [6, 6.07) is 0. The Hall–Kier alpha value is -0.0800. The van der Waals surface area contributed by atoms with E-state index in [1.165, 1.54) is 0 Å². The van der Waals surface area contributed by atoms with Gasteiger partial charge in [0.15, 0.2) is 0 Å². The third-order valence-corrected chi connectivity index (χ3v) is 2.21. The van der Waals surface area contributed by atoms with Crippen LogP contribution in [0.3, 0.4) is 0 Å². The quantitative estimate of drug-likeness (QED) is 0.599. The minimum absolute atomic E-state index is 0.131. The van der Waals surface area contributed by atoms with Crippen molar-refractivity contribution in [3.8, 4) is 0 Å². The average molecular weight is 144 g/mol. The van der Waals surface area contributed by atoms with Gasteiger partial charge < -0.3 is 9.84 Å². The molecule has 0 unspecified atom stereocenters. The van der Waals surface area contributed by atoms with Gasteiger partial charge >= 0.3 is 0 Å². The van der Waals surface area contributed by atoms with Gasteiger partial charge in [-0.25, -0.2) is 0 Å². The van der Waals surface area contributed by atoms with Crippen LogP contribution in [0.4, 0.5) is 0 Å². The molecule has 1 aliphatic carbocycles. The van der Waals surface area contributed by atoms with Gasteiger partial charge in [-0.3, -0.25) is 0 Å². The van der Waals surface area contributed by atoms with E-state index in [0.717, 1.165) is 19.3 Å². The number of rotatable bonds is 1. The molecule has 1 saturated carbocycles. The second kappa shape index (κ2) is 3.35. The Morgan fingerprint density at radius 1 is 1.30 bits per heavy atom. The number of methoxy groups -OCH3 is 1. The third kappa shape index (κ3) is 1.96. The van der Waals surface area contributed by atoms with Crippen LogP contribution in [0.25, 0.3) is 0 Å². The summed E-state index contributed by atoms with van der Waals surface area (Å²) >= 11 is 0. The predicted octanol–water partition coefficient (Wildman–Crippen LogP) is 1.18. The zero-order valence-corrected chi connectivity index (χ0v) is 6.71. The molecule has 0 saturated heterocycles. The van der Waals surface area contributed by atoms with Crippen LogP contribution in [-0.4, -0.2) is 24.4 Å². The maximum atomic E-state index is 9.30. The molecule has 3 atom stereocenters. The van der Waals surface area contributed by atoms with E-state index in [9.17, 15) is 5.11 Å². The Labute approximate surface area is 62.2 Å². The molecule has 1 rings (SSSR count). The Morgan fingerprint density at radius 2 is 2.00 bits per heavy atom. The predicted molar refractivity (Wildman–Crippen MR) is 39.8 cm³/mol. The number of ether oxygens (including phenoxy) is 1. The van der Waals surface area contributed by atoms with Gasteiger partial charge in [-0.1, -0.05) is 6.92 Å². The summed E-state index contributed by atoms with van der Waals surface area (Å²) in [4.78, 5) is 0. The van der Waals surface area contributed by atoms with E-state index in [0.29, 0.717) is 12.0 Å². The van der Waals surface area contributed by atoms with E-state index in [-0.39, 0.29) is 6.10 Å². The number of aliphatic hydroxyl groups is 1. The lowest BCUT2D eigenvalue weighted by Crippen LogP contribution is -2.29. The lowest BCUT2D eigenvalue weighted by Gasteiger charge is -2.29. The van der Waals surface area contributed by atoms with Gasteiger partial charge in [0, 0.05) is 7.11 Å². The molecular formula is C8H16O2. The molecule has 0 aromatic heterocycles. The molecule has 1 N–H and O–H groups in total. The first-order valence-electron chi connectivity index (χ1n) is 3.93. The number of hydrogen-bond donors (Lipinski definition) is 1. The molecule has 0 radical (unpaired) electrons. The maximum Gasteiger partial charge on any atom is 0.0598 e. The van der Waals surface area contributed by atoms with Crippen molar-refractivity contribution < 1.29 is 9.84 Å². The average Bonchev–Trinajstić information content (AvgIpc) is 1.85. The minimum Gasteiger partial charge on any atom is -0.393 e. The van der Waals surface area contributed by atoms with Gasteiger partial charge in [-0.15, -0.1) is 0 Å². The fourth-order valence-electron chi connectivity index (χ4n) is 1.70. The zero-order valence-electron chi connectivity index (χ0n) is 6.71. The van der Waals surface area contributed by atoms with Gasteiger partial charge in [-0.05, 0) is 25.2 Å². The van der Waals surface area contributed by atoms with Gasteiger partial charge in [-0.2, -0.15) is 0 Å². The van der Waals surface area contributed by atoms with Crippen LogP contribution >= 0.6 is 0 Å². The largest absolute Gasteiger partial charge is 0.393 e. The highest BCUT2D eigenvalue weighted by Crippen LogP contribution is 2.25. The van der Waals surface area contributed by atoms with Gasteiger partial charge in [0.05, 0.1) is 12.2 Å². The lowest BCUT2D eigenvalue weighted by atomic mass is 9.87. The van der Waals surface area contributed by atoms with Crippen LogP contribution in [0.5, 0.6) is 0 Å². The third-order valence-electron chi connectivity index (χ3n) is 2.21. The minimum atomic E-state index is -0.131. The molecule has 10 heavy (non-hydrogen) atoms. The highest BCUT2D eigenvalue weighted by molar-refractivity contribution is 4.76. The first-order chi connectivity index (χ1) is 4.72. The van der Waals surface area contributed by atoms with Crippen LogP contribution in [0, 0.1) is 5.92 Å². The standard InChI is InChI=1S/C8H16O2/c1-6-3-7(9)5-8(4-6)10-2/h6-9H,3-5H2,1-2H3/t6-,7-,8+/m1/s1. The van der Waals surface area contributed by atoms with Crippen LogP contribution in [-0.2, 0) is 4.74 Å². The smallest absolute Gasteiger partial charge is 0.0598 e. The fourth-order valence-corrected chi connectivity index (χ4v) is 1.70. The highest BCUT2D eigenvalue weighted by Gasteiger charge is 2.24. The summed E-state index contributed by atoms with van der Waals surface area (Å²) in [5.74, 6) is 0.619. The second-order valence-electron chi connectivity index (χ2n) is 3.32. The van der Waals surface area contributed by atoms with E-state index in [4.69, 9.17) is 4.74 Å². The van der Waals surface area contributed by atoms with Crippen molar-refractivity contribution in [1.82, 2.24) is 0 Å². The molecule has 0 heterocycles. The van der Waals surface area contributed by atoms with E-state index in [1.807, 2.05) is 0 Å². The van der Waals surface area contributed by atoms with E-state index >= 15 is 0 Å². The Balaban J connectivity index is 2.35. The Kier molecular flexibility index (Phi) is 2.69. The van der Waals surface area contributed by atoms with Crippen molar-refractivity contribution in [2.45, 2.75) is 38.4 Å². The summed E-state index contributed by atoms with van der Waals surface area (Å²) in [6.07, 6.45) is 3.03. The van der Waals surface area contributed by atoms with Crippen LogP contribution in [0.2, 0.25) is 0 Å². The van der Waals surface area contributed by atoms with Crippen LogP contribution < -0.4 is 0 Å².